The number of carbonyl (C=O) groups is 1. The molecule has 90 valence electrons. The van der Waals surface area contributed by atoms with Gasteiger partial charge < -0.3 is 4.90 Å². The third-order valence-electron chi connectivity index (χ3n) is 2.40. The van der Waals surface area contributed by atoms with Gasteiger partial charge in [-0.15, -0.1) is 18.0 Å². The molecule has 0 aliphatic rings. The summed E-state index contributed by atoms with van der Waals surface area (Å²) in [5.74, 6) is 2.36. The summed E-state index contributed by atoms with van der Waals surface area (Å²) in [4.78, 5) is 13.7. The number of alkyl halides is 1. The molecule has 0 radical (unpaired) electrons. The van der Waals surface area contributed by atoms with Crippen LogP contribution in [0.4, 0.5) is 0 Å². The molecule has 0 aliphatic carbocycles. The maximum Gasteiger partial charge on any atom is 0.245 e. The first-order valence-electron chi connectivity index (χ1n) is 5.62. The molecule has 1 amide bonds. The Morgan fingerprint density at radius 2 is 2.12 bits per heavy atom. The zero-order valence-corrected chi connectivity index (χ0v) is 10.7. The Bertz CT molecular complexity index is 396. The summed E-state index contributed by atoms with van der Waals surface area (Å²) in [5.41, 5.74) is 0.803. The van der Waals surface area contributed by atoms with Gasteiger partial charge in [-0.1, -0.05) is 43.2 Å². The topological polar surface area (TPSA) is 20.3 Å². The van der Waals surface area contributed by atoms with Crippen molar-refractivity contribution >= 4 is 17.5 Å². The molecule has 0 fully saturated rings. The minimum Gasteiger partial charge on any atom is -0.330 e. The van der Waals surface area contributed by atoms with E-state index in [1.54, 1.807) is 4.90 Å². The van der Waals surface area contributed by atoms with Crippen LogP contribution >= 0.6 is 11.6 Å². The Morgan fingerprint density at radius 1 is 1.47 bits per heavy atom. The molecule has 0 aliphatic heterocycles. The van der Waals surface area contributed by atoms with Crippen molar-refractivity contribution in [2.24, 2.45) is 0 Å². The van der Waals surface area contributed by atoms with Gasteiger partial charge in [0.2, 0.25) is 5.91 Å². The molecule has 1 aromatic rings. The molecule has 1 atom stereocenters. The van der Waals surface area contributed by atoms with Crippen LogP contribution in [0.1, 0.15) is 24.3 Å². The predicted molar refractivity (Wildman–Crippen MR) is 70.7 cm³/mol. The molecule has 0 spiro atoms. The normalized spacial score (nSPS) is 11.6. The minimum absolute atomic E-state index is 0.127. The number of amides is 1. The summed E-state index contributed by atoms with van der Waals surface area (Å²) in [7, 11) is 0. The van der Waals surface area contributed by atoms with Crippen molar-refractivity contribution in [2.45, 2.75) is 18.7 Å². The molecular formula is C14H16ClNO. The molecule has 0 heterocycles. The molecule has 1 rings (SSSR count). The van der Waals surface area contributed by atoms with E-state index in [0.717, 1.165) is 12.0 Å². The van der Waals surface area contributed by atoms with E-state index in [1.165, 1.54) is 0 Å². The van der Waals surface area contributed by atoms with Gasteiger partial charge in [-0.25, -0.2) is 0 Å². The van der Waals surface area contributed by atoms with Crippen molar-refractivity contribution in [3.63, 3.8) is 0 Å². The van der Waals surface area contributed by atoms with Crippen LogP contribution in [0.5, 0.6) is 0 Å². The fourth-order valence-electron chi connectivity index (χ4n) is 1.57. The van der Waals surface area contributed by atoms with Crippen molar-refractivity contribution in [1.82, 2.24) is 4.90 Å². The molecule has 1 aromatic carbocycles. The third-order valence-corrected chi connectivity index (χ3v) is 2.84. The standard InChI is InChI=1S/C14H16ClNO/c1-3-10-16(11-4-2)14(17)13(15)12-8-6-5-7-9-12/h1,5-9,13H,4,10-11H2,2H3. The highest BCUT2D eigenvalue weighted by Gasteiger charge is 2.22. The van der Waals surface area contributed by atoms with Gasteiger partial charge in [0.15, 0.2) is 0 Å². The quantitative estimate of drug-likeness (QED) is 0.581. The second-order valence-electron chi connectivity index (χ2n) is 3.74. The number of terminal acetylenes is 1. The Hall–Kier alpha value is -1.46. The molecular weight excluding hydrogens is 234 g/mol. The van der Waals surface area contributed by atoms with E-state index in [-0.39, 0.29) is 5.91 Å². The molecule has 0 N–H and O–H groups in total. The molecule has 0 bridgehead atoms. The lowest BCUT2D eigenvalue weighted by atomic mass is 10.1. The highest BCUT2D eigenvalue weighted by Crippen LogP contribution is 2.22. The Kier molecular flexibility index (Phi) is 5.59. The van der Waals surface area contributed by atoms with E-state index in [4.69, 9.17) is 18.0 Å². The van der Waals surface area contributed by atoms with Gasteiger partial charge in [-0.2, -0.15) is 0 Å². The summed E-state index contributed by atoms with van der Waals surface area (Å²) >= 11 is 6.16. The average molecular weight is 250 g/mol. The highest BCUT2D eigenvalue weighted by molar-refractivity contribution is 6.30. The zero-order chi connectivity index (χ0) is 12.7. The molecule has 1 unspecified atom stereocenters. The van der Waals surface area contributed by atoms with Crippen molar-refractivity contribution in [1.29, 1.82) is 0 Å². The van der Waals surface area contributed by atoms with Crippen LogP contribution < -0.4 is 0 Å². The lowest BCUT2D eigenvalue weighted by molar-refractivity contribution is -0.130. The van der Waals surface area contributed by atoms with Crippen LogP contribution in [-0.2, 0) is 4.79 Å². The Morgan fingerprint density at radius 3 is 2.65 bits per heavy atom. The maximum absolute atomic E-state index is 12.1. The van der Waals surface area contributed by atoms with E-state index < -0.39 is 5.38 Å². The van der Waals surface area contributed by atoms with E-state index in [0.29, 0.717) is 13.1 Å². The van der Waals surface area contributed by atoms with Crippen molar-refractivity contribution in [2.75, 3.05) is 13.1 Å². The second-order valence-corrected chi connectivity index (χ2v) is 4.17. The fourth-order valence-corrected chi connectivity index (χ4v) is 1.86. The van der Waals surface area contributed by atoms with Crippen LogP contribution in [0.25, 0.3) is 0 Å². The van der Waals surface area contributed by atoms with Crippen LogP contribution in [0.15, 0.2) is 30.3 Å². The number of nitrogens with zero attached hydrogens (tertiary/aromatic N) is 1. The SMILES string of the molecule is C#CCN(CCC)C(=O)C(Cl)c1ccccc1. The summed E-state index contributed by atoms with van der Waals surface area (Å²) in [6, 6.07) is 9.31. The van der Waals surface area contributed by atoms with Crippen LogP contribution in [0, 0.1) is 12.3 Å². The third kappa shape index (κ3) is 3.80. The second kappa shape index (κ2) is 6.98. The monoisotopic (exact) mass is 249 g/mol. The molecule has 2 nitrogen and oxygen atoms in total. The summed E-state index contributed by atoms with van der Waals surface area (Å²) in [6.07, 6.45) is 6.12. The number of benzene rings is 1. The fraction of sp³-hybridized carbons (Fsp3) is 0.357. The van der Waals surface area contributed by atoms with E-state index in [2.05, 4.69) is 5.92 Å². The summed E-state index contributed by atoms with van der Waals surface area (Å²) in [5, 5.41) is -0.656. The molecule has 0 aromatic heterocycles. The number of hydrogen-bond acceptors (Lipinski definition) is 1. The van der Waals surface area contributed by atoms with E-state index >= 15 is 0 Å². The number of hydrogen-bond donors (Lipinski definition) is 0. The highest BCUT2D eigenvalue weighted by atomic mass is 35.5. The molecule has 0 saturated carbocycles. The van der Waals surface area contributed by atoms with E-state index in [1.807, 2.05) is 37.3 Å². The molecule has 17 heavy (non-hydrogen) atoms. The number of carbonyl (C=O) groups excluding carboxylic acids is 1. The van der Waals surface area contributed by atoms with Crippen LogP contribution in [0.3, 0.4) is 0 Å². The zero-order valence-electron chi connectivity index (χ0n) is 9.90. The van der Waals surface area contributed by atoms with Crippen molar-refractivity contribution in [3.05, 3.63) is 35.9 Å². The largest absolute Gasteiger partial charge is 0.330 e. The molecule has 0 saturated heterocycles. The van der Waals surface area contributed by atoms with Gasteiger partial charge in [0.1, 0.15) is 5.38 Å². The molecule has 3 heteroatoms. The number of rotatable bonds is 5. The van der Waals surface area contributed by atoms with Gasteiger partial charge in [-0.3, -0.25) is 4.79 Å². The van der Waals surface area contributed by atoms with Gasteiger partial charge in [0, 0.05) is 6.54 Å². The Labute approximate surface area is 108 Å². The average Bonchev–Trinajstić information content (AvgIpc) is 2.38. The lowest BCUT2D eigenvalue weighted by Gasteiger charge is -2.22. The van der Waals surface area contributed by atoms with Gasteiger partial charge in [0.05, 0.1) is 6.54 Å². The van der Waals surface area contributed by atoms with Gasteiger partial charge in [0.25, 0.3) is 0 Å². The van der Waals surface area contributed by atoms with Gasteiger partial charge in [-0.05, 0) is 12.0 Å². The lowest BCUT2D eigenvalue weighted by Crippen LogP contribution is -2.34. The van der Waals surface area contributed by atoms with Crippen molar-refractivity contribution < 1.29 is 4.79 Å². The Balaban J connectivity index is 2.77. The summed E-state index contributed by atoms with van der Waals surface area (Å²) in [6.45, 7) is 2.95. The predicted octanol–water partition coefficient (Wildman–Crippen LogP) is 2.84. The van der Waals surface area contributed by atoms with Crippen LogP contribution in [0.2, 0.25) is 0 Å². The maximum atomic E-state index is 12.1. The first-order valence-corrected chi connectivity index (χ1v) is 6.05. The van der Waals surface area contributed by atoms with E-state index in [9.17, 15) is 4.79 Å². The minimum atomic E-state index is -0.656. The van der Waals surface area contributed by atoms with Gasteiger partial charge >= 0.3 is 0 Å². The number of halogens is 1. The van der Waals surface area contributed by atoms with Crippen molar-refractivity contribution in [3.8, 4) is 12.3 Å². The smallest absolute Gasteiger partial charge is 0.245 e. The van der Waals surface area contributed by atoms with Crippen LogP contribution in [-0.4, -0.2) is 23.9 Å². The summed E-state index contributed by atoms with van der Waals surface area (Å²) < 4.78 is 0. The first-order chi connectivity index (χ1) is 8.20. The first kappa shape index (κ1) is 13.6.